The van der Waals surface area contributed by atoms with E-state index < -0.39 is 45.0 Å². The molecule has 0 radical (unpaired) electrons. The summed E-state index contributed by atoms with van der Waals surface area (Å²) >= 11 is 0. The van der Waals surface area contributed by atoms with Gasteiger partial charge in [0.25, 0.3) is 10.1 Å². The molecule has 5 N–H and O–H groups in total. The fraction of sp³-hybridized carbons (Fsp3) is 0.781. The summed E-state index contributed by atoms with van der Waals surface area (Å²) in [6.07, 6.45) is 5.69. The number of anilines is 2. The molecule has 274 valence electrons. The number of ether oxygens (including phenoxy) is 1. The number of hydrogen-bond acceptors (Lipinski definition) is 11. The topological polar surface area (TPSA) is 203 Å². The molecule has 2 aliphatic heterocycles. The van der Waals surface area contributed by atoms with E-state index in [-0.39, 0.29) is 41.3 Å². The van der Waals surface area contributed by atoms with Gasteiger partial charge in [-0.05, 0) is 43.4 Å². The van der Waals surface area contributed by atoms with Crippen molar-refractivity contribution in [3.05, 3.63) is 11.6 Å². The van der Waals surface area contributed by atoms with Crippen LogP contribution in [0.1, 0.15) is 71.0 Å². The summed E-state index contributed by atoms with van der Waals surface area (Å²) < 4.78 is 51.9. The van der Waals surface area contributed by atoms with Crippen LogP contribution in [0.5, 0.6) is 0 Å². The van der Waals surface area contributed by atoms with Crippen LogP contribution < -0.4 is 21.1 Å². The lowest BCUT2D eigenvalue weighted by molar-refractivity contribution is -0.128. The van der Waals surface area contributed by atoms with Crippen molar-refractivity contribution in [2.45, 2.75) is 78.2 Å². The number of fused-ring (bicyclic) bond motifs is 3. The molecule has 3 aliphatic carbocycles. The van der Waals surface area contributed by atoms with E-state index in [4.69, 9.17) is 14.4 Å². The second-order valence-corrected chi connectivity index (χ2v) is 16.2. The maximum Gasteiger partial charge on any atom is 0.404 e. The van der Waals surface area contributed by atoms with Gasteiger partial charge in [0, 0.05) is 39.1 Å². The number of carbonyl (C=O) groups excluding carboxylic acids is 2. The van der Waals surface area contributed by atoms with E-state index in [9.17, 15) is 22.8 Å². The number of ketones is 1. The monoisotopic (exact) mass is 711 g/mol. The number of nitrogens with one attached hydrogen (secondary N) is 3. The minimum Gasteiger partial charge on any atom is -0.465 e. The molecule has 17 heteroatoms. The molecule has 3 saturated carbocycles. The van der Waals surface area contributed by atoms with Gasteiger partial charge in [-0.15, -0.1) is 0 Å². The number of morpholine rings is 1. The van der Waals surface area contributed by atoms with E-state index in [1.54, 1.807) is 6.92 Å². The Balaban J connectivity index is 0.000000259. The Labute approximate surface area is 286 Å². The number of piperazine rings is 1. The van der Waals surface area contributed by atoms with Crippen molar-refractivity contribution in [1.82, 2.24) is 25.6 Å². The second-order valence-electron chi connectivity index (χ2n) is 14.7. The Bertz CT molecular complexity index is 1510. The van der Waals surface area contributed by atoms with Crippen LogP contribution in [0.4, 0.5) is 20.8 Å². The summed E-state index contributed by atoms with van der Waals surface area (Å²) in [7, 11) is -4.08. The third kappa shape index (κ3) is 8.43. The number of nitrogens with zero attached hydrogens (tertiary/aromatic N) is 4. The maximum atomic E-state index is 15.4. The van der Waals surface area contributed by atoms with Gasteiger partial charge < -0.3 is 20.1 Å². The zero-order valence-corrected chi connectivity index (χ0v) is 29.4. The molecular formula is C32H50FN7O8S. The van der Waals surface area contributed by atoms with Crippen LogP contribution in [0, 0.1) is 41.3 Å². The van der Waals surface area contributed by atoms with E-state index in [0.29, 0.717) is 50.7 Å². The van der Waals surface area contributed by atoms with Gasteiger partial charge in [0.1, 0.15) is 11.6 Å². The highest BCUT2D eigenvalue weighted by molar-refractivity contribution is 7.85. The first kappa shape index (κ1) is 37.1. The quantitative estimate of drug-likeness (QED) is 0.175. The molecule has 1 aromatic rings. The molecule has 3 heterocycles. The zero-order valence-electron chi connectivity index (χ0n) is 28.5. The molecular weight excluding hydrogens is 661 g/mol. The minimum atomic E-state index is -4.08. The van der Waals surface area contributed by atoms with Gasteiger partial charge in [0.2, 0.25) is 11.7 Å². The van der Waals surface area contributed by atoms with E-state index in [2.05, 4.69) is 31.0 Å². The van der Waals surface area contributed by atoms with Crippen LogP contribution in [0.3, 0.4) is 0 Å². The Kier molecular flexibility index (Phi) is 11.4. The number of hydrazine groups is 1. The lowest BCUT2D eigenvalue weighted by Crippen LogP contribution is -2.58. The molecule has 1 aromatic heterocycles. The van der Waals surface area contributed by atoms with Crippen LogP contribution in [-0.4, -0.2) is 108 Å². The predicted octanol–water partition coefficient (Wildman–Crippen LogP) is 2.62. The molecule has 49 heavy (non-hydrogen) atoms. The van der Waals surface area contributed by atoms with Gasteiger partial charge in [-0.25, -0.2) is 14.8 Å². The summed E-state index contributed by atoms with van der Waals surface area (Å²) in [6.45, 7) is 9.81. The SMILES string of the molecule is CC1(C)C2CCC1(CS(=O)(=O)O)C(=O)C2.Cc1nc(NNC(=O)[C@@H](CNC(=O)O)CC2CCCC2)c(F)c(N2CCN3CCOC[C@@H]3C2)n1. The molecule has 2 saturated heterocycles. The number of Topliss-reactive ketones (excluding diaryl/α,β-unsaturated/α-hetero) is 1. The van der Waals surface area contributed by atoms with Gasteiger partial charge in [0.15, 0.2) is 11.6 Å². The Morgan fingerprint density at radius 1 is 1.14 bits per heavy atom. The molecule has 0 aromatic carbocycles. The fourth-order valence-electron chi connectivity index (χ4n) is 8.56. The number of carboxylic acid groups (broad SMARTS) is 1. The van der Waals surface area contributed by atoms with Crippen molar-refractivity contribution in [3.8, 4) is 0 Å². The van der Waals surface area contributed by atoms with Gasteiger partial charge >= 0.3 is 6.09 Å². The average molecular weight is 712 g/mol. The number of rotatable bonds is 10. The number of aromatic nitrogens is 2. The van der Waals surface area contributed by atoms with Crippen LogP contribution in [0.2, 0.25) is 0 Å². The summed E-state index contributed by atoms with van der Waals surface area (Å²) in [5.41, 5.74) is 4.04. The highest BCUT2D eigenvalue weighted by Crippen LogP contribution is 2.64. The number of amides is 2. The third-order valence-electron chi connectivity index (χ3n) is 11.5. The molecule has 5 aliphatic rings. The summed E-state index contributed by atoms with van der Waals surface area (Å²) in [4.78, 5) is 48.4. The number of carbonyl (C=O) groups is 3. The van der Waals surface area contributed by atoms with Gasteiger partial charge in [0.05, 0.1) is 36.3 Å². The first-order chi connectivity index (χ1) is 23.1. The number of hydrogen-bond donors (Lipinski definition) is 5. The van der Waals surface area contributed by atoms with Crippen molar-refractivity contribution in [2.75, 3.05) is 62.0 Å². The van der Waals surface area contributed by atoms with Gasteiger partial charge in [-0.2, -0.15) is 12.8 Å². The fourth-order valence-corrected chi connectivity index (χ4v) is 9.86. The Morgan fingerprint density at radius 2 is 1.88 bits per heavy atom. The van der Waals surface area contributed by atoms with E-state index in [1.165, 1.54) is 0 Å². The van der Waals surface area contributed by atoms with E-state index >= 15 is 4.39 Å². The largest absolute Gasteiger partial charge is 0.465 e. The van der Waals surface area contributed by atoms with Crippen molar-refractivity contribution in [3.63, 3.8) is 0 Å². The first-order valence-corrected chi connectivity index (χ1v) is 18.8. The molecule has 0 spiro atoms. The molecule has 2 amide bonds. The number of aryl methyl sites for hydroxylation is 1. The van der Waals surface area contributed by atoms with Crippen molar-refractivity contribution in [1.29, 1.82) is 0 Å². The summed E-state index contributed by atoms with van der Waals surface area (Å²) in [5.74, 6) is -0.831. The molecule has 6 rings (SSSR count). The van der Waals surface area contributed by atoms with E-state index in [0.717, 1.165) is 51.8 Å². The molecule has 4 atom stereocenters. The standard InChI is InChI=1S/C22H34FN7O4.C10H16O4S/c1-14-25-19(18(23)20(26-14)30-7-6-29-8-9-34-13-17(29)12-30)27-28-21(31)16(11-24-22(32)33)10-15-4-2-3-5-15;1-9(2)7-3-4-10(9,8(11)5-7)6-15(12,13)14/h15-17,24H,2-13H2,1H3,(H,28,31)(H,32,33)(H,25,26,27);7H,3-6H2,1-2H3,(H,12,13,14)/t16-,17+;/m1./s1. The van der Waals surface area contributed by atoms with Crippen molar-refractivity contribution in [2.24, 2.45) is 28.6 Å². The summed E-state index contributed by atoms with van der Waals surface area (Å²) in [5, 5.41) is 11.3. The lowest BCUT2D eigenvalue weighted by atomic mass is 9.70. The van der Waals surface area contributed by atoms with Gasteiger partial charge in [-0.3, -0.25) is 29.9 Å². The predicted molar refractivity (Wildman–Crippen MR) is 178 cm³/mol. The lowest BCUT2D eigenvalue weighted by Gasteiger charge is -2.44. The second kappa shape index (κ2) is 15.0. The highest BCUT2D eigenvalue weighted by atomic mass is 32.2. The molecule has 5 fully saturated rings. The third-order valence-corrected chi connectivity index (χ3v) is 12.4. The van der Waals surface area contributed by atoms with E-state index in [1.807, 2.05) is 18.7 Å². The van der Waals surface area contributed by atoms with Crippen LogP contribution in [-0.2, 0) is 24.4 Å². The first-order valence-electron chi connectivity index (χ1n) is 17.2. The molecule has 2 unspecified atom stereocenters. The molecule has 15 nitrogen and oxygen atoms in total. The molecule has 2 bridgehead atoms. The Hall–Kier alpha value is -3.15. The van der Waals surface area contributed by atoms with Crippen molar-refractivity contribution < 1.29 is 41.6 Å². The van der Waals surface area contributed by atoms with Crippen molar-refractivity contribution >= 4 is 39.5 Å². The highest BCUT2D eigenvalue weighted by Gasteiger charge is 2.65. The zero-order chi connectivity index (χ0) is 35.6. The summed E-state index contributed by atoms with van der Waals surface area (Å²) in [6, 6.07) is 0.186. The maximum absolute atomic E-state index is 15.4. The minimum absolute atomic E-state index is 0.00359. The van der Waals surface area contributed by atoms with Crippen LogP contribution in [0.15, 0.2) is 0 Å². The number of halogens is 1. The smallest absolute Gasteiger partial charge is 0.404 e. The average Bonchev–Trinajstić information content (AvgIpc) is 3.69. The Morgan fingerprint density at radius 3 is 2.51 bits per heavy atom. The van der Waals surface area contributed by atoms with Crippen LogP contribution >= 0.6 is 0 Å². The normalized spacial score (nSPS) is 27.2. The van der Waals surface area contributed by atoms with Crippen LogP contribution in [0.25, 0.3) is 0 Å². The van der Waals surface area contributed by atoms with Gasteiger partial charge in [-0.1, -0.05) is 39.5 Å².